The van der Waals surface area contributed by atoms with Crippen molar-refractivity contribution in [1.29, 1.82) is 0 Å². The first-order chi connectivity index (χ1) is 8.81. The summed E-state index contributed by atoms with van der Waals surface area (Å²) in [4.78, 5) is 22.0. The fraction of sp³-hybridized carbons (Fsp3) is 0.615. The molecule has 18 heavy (non-hydrogen) atoms. The van der Waals surface area contributed by atoms with Gasteiger partial charge in [0.25, 0.3) is 5.91 Å². The lowest BCUT2D eigenvalue weighted by atomic mass is 10.0. The van der Waals surface area contributed by atoms with Crippen molar-refractivity contribution in [3.8, 4) is 0 Å². The molecule has 0 bridgehead atoms. The Labute approximate surface area is 108 Å². The molecule has 0 aromatic carbocycles. The van der Waals surface area contributed by atoms with Crippen LogP contribution >= 0.6 is 0 Å². The second-order valence-corrected chi connectivity index (χ2v) is 4.62. The van der Waals surface area contributed by atoms with Crippen molar-refractivity contribution in [1.82, 2.24) is 20.2 Å². The van der Waals surface area contributed by atoms with Crippen LogP contribution in [0.15, 0.2) is 18.7 Å². The molecule has 0 radical (unpaired) electrons. The van der Waals surface area contributed by atoms with Crippen LogP contribution in [0.2, 0.25) is 0 Å². The van der Waals surface area contributed by atoms with Crippen molar-refractivity contribution >= 4 is 5.91 Å². The molecule has 1 aromatic heterocycles. The Morgan fingerprint density at radius 2 is 2.22 bits per heavy atom. The molecule has 2 rings (SSSR count). The fourth-order valence-corrected chi connectivity index (χ4v) is 2.44. The van der Waals surface area contributed by atoms with Crippen LogP contribution in [0.25, 0.3) is 0 Å². The smallest absolute Gasteiger partial charge is 0.254 e. The first kappa shape index (κ1) is 13.0. The summed E-state index contributed by atoms with van der Waals surface area (Å²) >= 11 is 0. The van der Waals surface area contributed by atoms with Crippen molar-refractivity contribution < 1.29 is 4.79 Å². The van der Waals surface area contributed by atoms with E-state index in [4.69, 9.17) is 0 Å². The van der Waals surface area contributed by atoms with E-state index in [-0.39, 0.29) is 5.91 Å². The predicted octanol–water partition coefficient (Wildman–Crippen LogP) is 1.08. The normalized spacial score (nSPS) is 20.6. The lowest BCUT2D eigenvalue weighted by Gasteiger charge is -2.34. The molecule has 1 aliphatic heterocycles. The maximum atomic E-state index is 11.9. The van der Waals surface area contributed by atoms with E-state index in [1.807, 2.05) is 0 Å². The van der Waals surface area contributed by atoms with Crippen LogP contribution in [0.3, 0.4) is 0 Å². The van der Waals surface area contributed by atoms with Crippen LogP contribution in [-0.4, -0.2) is 46.5 Å². The predicted molar refractivity (Wildman–Crippen MR) is 69.3 cm³/mol. The van der Waals surface area contributed by atoms with E-state index in [0.717, 1.165) is 13.1 Å². The van der Waals surface area contributed by atoms with Crippen molar-refractivity contribution in [3.05, 3.63) is 24.3 Å². The van der Waals surface area contributed by atoms with Crippen molar-refractivity contribution in [2.45, 2.75) is 32.2 Å². The molecule has 1 N–H and O–H groups in total. The molecule has 0 saturated carbocycles. The number of piperidine rings is 1. The summed E-state index contributed by atoms with van der Waals surface area (Å²) in [6, 6.07) is 0.470. The number of likely N-dealkylation sites (tertiary alicyclic amines) is 1. The zero-order valence-electron chi connectivity index (χ0n) is 10.8. The Bertz CT molecular complexity index is 382. The summed E-state index contributed by atoms with van der Waals surface area (Å²) in [5.74, 6) is -0.0859. The average molecular weight is 248 g/mol. The van der Waals surface area contributed by atoms with Crippen molar-refractivity contribution in [3.63, 3.8) is 0 Å². The number of amides is 1. The second-order valence-electron chi connectivity index (χ2n) is 4.62. The molecule has 98 valence electrons. The lowest BCUT2D eigenvalue weighted by molar-refractivity contribution is 0.0917. The monoisotopic (exact) mass is 248 g/mol. The summed E-state index contributed by atoms with van der Waals surface area (Å²) in [5, 5.41) is 2.97. The lowest BCUT2D eigenvalue weighted by Crippen LogP contribution is -2.46. The van der Waals surface area contributed by atoms with Crippen LogP contribution in [-0.2, 0) is 0 Å². The van der Waals surface area contributed by atoms with E-state index in [1.54, 1.807) is 12.4 Å². The molecule has 1 saturated heterocycles. The van der Waals surface area contributed by atoms with Crippen molar-refractivity contribution in [2.75, 3.05) is 19.6 Å². The SMILES string of the molecule is CCN1CCCC[C@@H]1CNC(=O)c1cncnc1. The van der Waals surface area contributed by atoms with Gasteiger partial charge >= 0.3 is 0 Å². The van der Waals surface area contributed by atoms with E-state index >= 15 is 0 Å². The zero-order chi connectivity index (χ0) is 12.8. The number of nitrogens with zero attached hydrogens (tertiary/aromatic N) is 3. The molecule has 1 fully saturated rings. The first-order valence-electron chi connectivity index (χ1n) is 6.58. The van der Waals surface area contributed by atoms with Gasteiger partial charge in [0.2, 0.25) is 0 Å². The highest BCUT2D eigenvalue weighted by molar-refractivity contribution is 5.93. The number of carbonyl (C=O) groups excluding carboxylic acids is 1. The topological polar surface area (TPSA) is 58.1 Å². The summed E-state index contributed by atoms with van der Waals surface area (Å²) in [6.45, 7) is 5.08. The van der Waals surface area contributed by atoms with Gasteiger partial charge in [-0.3, -0.25) is 9.69 Å². The summed E-state index contributed by atoms with van der Waals surface area (Å²) in [7, 11) is 0. The van der Waals surface area contributed by atoms with Gasteiger partial charge in [0.05, 0.1) is 5.56 Å². The first-order valence-corrected chi connectivity index (χ1v) is 6.58. The van der Waals surface area contributed by atoms with Crippen LogP contribution < -0.4 is 5.32 Å². The standard InChI is InChI=1S/C13H20N4O/c1-2-17-6-4-3-5-12(17)9-16-13(18)11-7-14-10-15-8-11/h7-8,10,12H,2-6,9H2,1H3,(H,16,18)/t12-/m1/s1. The van der Waals surface area contributed by atoms with Gasteiger partial charge in [-0.15, -0.1) is 0 Å². The summed E-state index contributed by atoms with van der Waals surface area (Å²) in [6.07, 6.45) is 8.20. The Balaban J connectivity index is 1.85. The molecule has 0 unspecified atom stereocenters. The van der Waals surface area contributed by atoms with Crippen LogP contribution in [0, 0.1) is 0 Å². The van der Waals surface area contributed by atoms with Gasteiger partial charge in [-0.2, -0.15) is 0 Å². The van der Waals surface area contributed by atoms with Crippen LogP contribution in [0.4, 0.5) is 0 Å². The van der Waals surface area contributed by atoms with Gasteiger partial charge in [0.1, 0.15) is 6.33 Å². The van der Waals surface area contributed by atoms with Crippen molar-refractivity contribution in [2.24, 2.45) is 0 Å². The summed E-state index contributed by atoms with van der Waals surface area (Å²) in [5.41, 5.74) is 0.524. The molecular weight excluding hydrogens is 228 g/mol. The number of nitrogens with one attached hydrogen (secondary N) is 1. The molecule has 1 amide bonds. The number of rotatable bonds is 4. The van der Waals surface area contributed by atoms with Gasteiger partial charge in [-0.1, -0.05) is 13.3 Å². The van der Waals surface area contributed by atoms with E-state index in [0.29, 0.717) is 18.2 Å². The number of hydrogen-bond acceptors (Lipinski definition) is 4. The third kappa shape index (κ3) is 3.26. The number of carbonyl (C=O) groups is 1. The Hall–Kier alpha value is -1.49. The van der Waals surface area contributed by atoms with Crippen LogP contribution in [0.5, 0.6) is 0 Å². The Morgan fingerprint density at radius 3 is 2.94 bits per heavy atom. The minimum absolute atomic E-state index is 0.0859. The summed E-state index contributed by atoms with van der Waals surface area (Å²) < 4.78 is 0. The quantitative estimate of drug-likeness (QED) is 0.866. The Morgan fingerprint density at radius 1 is 1.44 bits per heavy atom. The van der Waals surface area contributed by atoms with Gasteiger partial charge in [-0.25, -0.2) is 9.97 Å². The molecule has 1 aromatic rings. The maximum absolute atomic E-state index is 11.9. The van der Waals surface area contributed by atoms with Crippen LogP contribution in [0.1, 0.15) is 36.5 Å². The number of likely N-dealkylation sites (N-methyl/N-ethyl adjacent to an activating group) is 1. The zero-order valence-corrected chi connectivity index (χ0v) is 10.8. The third-order valence-corrected chi connectivity index (χ3v) is 3.48. The van der Waals surface area contributed by atoms with E-state index in [9.17, 15) is 4.79 Å². The van der Waals surface area contributed by atoms with E-state index < -0.39 is 0 Å². The second kappa shape index (κ2) is 6.44. The molecular formula is C13H20N4O. The fourth-order valence-electron chi connectivity index (χ4n) is 2.44. The highest BCUT2D eigenvalue weighted by Gasteiger charge is 2.21. The molecule has 5 heteroatoms. The van der Waals surface area contributed by atoms with E-state index in [1.165, 1.54) is 25.6 Å². The molecule has 1 aliphatic rings. The molecule has 1 atom stereocenters. The molecule has 0 spiro atoms. The minimum atomic E-state index is -0.0859. The van der Waals surface area contributed by atoms with Gasteiger partial charge < -0.3 is 5.32 Å². The van der Waals surface area contributed by atoms with E-state index in [2.05, 4.69) is 27.1 Å². The molecule has 5 nitrogen and oxygen atoms in total. The van der Waals surface area contributed by atoms with Gasteiger partial charge in [-0.05, 0) is 25.9 Å². The number of aromatic nitrogens is 2. The number of hydrogen-bond donors (Lipinski definition) is 1. The highest BCUT2D eigenvalue weighted by Crippen LogP contribution is 2.15. The molecule has 2 heterocycles. The Kier molecular flexibility index (Phi) is 4.64. The minimum Gasteiger partial charge on any atom is -0.350 e. The highest BCUT2D eigenvalue weighted by atomic mass is 16.1. The third-order valence-electron chi connectivity index (χ3n) is 3.48. The van der Waals surface area contributed by atoms with Gasteiger partial charge in [0, 0.05) is 25.0 Å². The maximum Gasteiger partial charge on any atom is 0.254 e. The average Bonchev–Trinajstić information content (AvgIpc) is 2.46. The van der Waals surface area contributed by atoms with Gasteiger partial charge in [0.15, 0.2) is 0 Å². The molecule has 0 aliphatic carbocycles. The largest absolute Gasteiger partial charge is 0.350 e.